The lowest BCUT2D eigenvalue weighted by Crippen LogP contribution is -2.21. The van der Waals surface area contributed by atoms with E-state index in [0.29, 0.717) is 0 Å². The molecule has 0 amide bonds. The van der Waals surface area contributed by atoms with E-state index in [2.05, 4.69) is 47.9 Å². The predicted molar refractivity (Wildman–Crippen MR) is 109 cm³/mol. The van der Waals surface area contributed by atoms with E-state index in [1.165, 1.54) is 33.0 Å². The summed E-state index contributed by atoms with van der Waals surface area (Å²) in [6, 6.07) is 18.6. The Bertz CT molecular complexity index is 1070. The van der Waals surface area contributed by atoms with Gasteiger partial charge < -0.3 is 15.1 Å². The monoisotopic (exact) mass is 345 g/mol. The molecule has 0 radical (unpaired) electrons. The summed E-state index contributed by atoms with van der Waals surface area (Å²) in [5, 5.41) is 2.48. The van der Waals surface area contributed by atoms with E-state index in [1.807, 2.05) is 36.4 Å². The first kappa shape index (κ1) is 16.5. The summed E-state index contributed by atoms with van der Waals surface area (Å²) in [4.78, 5) is 3.56. The first-order valence-electron chi connectivity index (χ1n) is 8.80. The number of methoxy groups -OCH3 is 1. The fourth-order valence-electron chi connectivity index (χ4n) is 3.53. The number of aromatic nitrogens is 1. The largest absolute Gasteiger partial charge is 0.497 e. The highest BCUT2D eigenvalue weighted by Crippen LogP contribution is 2.34. The van der Waals surface area contributed by atoms with Gasteiger partial charge in [-0.05, 0) is 60.9 Å². The number of hydrogen-bond acceptors (Lipinski definition) is 3. The number of ether oxygens (including phenoxy) is 1. The van der Waals surface area contributed by atoms with Gasteiger partial charge in [-0.2, -0.15) is 0 Å². The molecule has 0 saturated heterocycles. The van der Waals surface area contributed by atoms with Gasteiger partial charge >= 0.3 is 0 Å². The Morgan fingerprint density at radius 2 is 1.81 bits per heavy atom. The van der Waals surface area contributed by atoms with Crippen LogP contribution in [0.4, 0.5) is 5.69 Å². The number of hydrogen-bond donors (Lipinski definition) is 3. The summed E-state index contributed by atoms with van der Waals surface area (Å²) in [7, 11) is 1.71. The summed E-state index contributed by atoms with van der Waals surface area (Å²) in [5.41, 5.74) is 13.8. The fourth-order valence-corrected chi connectivity index (χ4v) is 3.53. The molecular formula is C22H23N3O. The number of aromatic amines is 1. The second-order valence-electron chi connectivity index (χ2n) is 6.61. The van der Waals surface area contributed by atoms with E-state index in [0.717, 1.165) is 23.5 Å². The molecule has 132 valence electrons. The van der Waals surface area contributed by atoms with E-state index >= 15 is 0 Å². The molecule has 4 heteroatoms. The molecular weight excluding hydrogens is 322 g/mol. The average molecular weight is 345 g/mol. The lowest BCUT2D eigenvalue weighted by Gasteiger charge is -2.13. The molecule has 0 spiro atoms. The highest BCUT2D eigenvalue weighted by molar-refractivity contribution is 6.10. The Labute approximate surface area is 153 Å². The minimum atomic E-state index is 0.744. The third-order valence-electron chi connectivity index (χ3n) is 4.93. The molecule has 0 aliphatic rings. The maximum Gasteiger partial charge on any atom is 0.119 e. The topological polar surface area (TPSA) is 49.1 Å². The fraction of sp³-hybridized carbons (Fsp3) is 0.182. The first-order valence-corrected chi connectivity index (χ1v) is 8.80. The van der Waals surface area contributed by atoms with Gasteiger partial charge in [-0.3, -0.25) is 0 Å². The number of fused-ring (bicyclic) bond motifs is 3. The van der Waals surface area contributed by atoms with Crippen molar-refractivity contribution in [2.45, 2.75) is 20.4 Å². The lowest BCUT2D eigenvalue weighted by molar-refractivity contribution is 0.415. The van der Waals surface area contributed by atoms with Crippen LogP contribution in [0.5, 0.6) is 5.75 Å². The van der Waals surface area contributed by atoms with Crippen LogP contribution in [0.15, 0.2) is 54.6 Å². The van der Waals surface area contributed by atoms with Crippen LogP contribution in [-0.2, 0) is 6.54 Å². The van der Waals surface area contributed by atoms with E-state index in [-0.39, 0.29) is 0 Å². The summed E-state index contributed by atoms with van der Waals surface area (Å²) in [5.74, 6) is 0.879. The Balaban J connectivity index is 1.71. The van der Waals surface area contributed by atoms with Crippen LogP contribution in [-0.4, -0.2) is 12.1 Å². The third kappa shape index (κ3) is 2.89. The van der Waals surface area contributed by atoms with Gasteiger partial charge in [0.25, 0.3) is 0 Å². The molecule has 1 aromatic heterocycles. The van der Waals surface area contributed by atoms with Gasteiger partial charge in [-0.25, -0.2) is 5.43 Å². The summed E-state index contributed by atoms with van der Waals surface area (Å²) in [6.45, 7) is 5.09. The first-order chi connectivity index (χ1) is 12.7. The van der Waals surface area contributed by atoms with Gasteiger partial charge in [0.15, 0.2) is 0 Å². The quantitative estimate of drug-likeness (QED) is 0.443. The second-order valence-corrected chi connectivity index (χ2v) is 6.61. The minimum absolute atomic E-state index is 0.744. The number of hydrazine groups is 1. The van der Waals surface area contributed by atoms with Crippen molar-refractivity contribution < 1.29 is 4.74 Å². The predicted octanol–water partition coefficient (Wildman–Crippen LogP) is 5.06. The molecule has 26 heavy (non-hydrogen) atoms. The van der Waals surface area contributed by atoms with Gasteiger partial charge in [0.1, 0.15) is 5.75 Å². The van der Waals surface area contributed by atoms with E-state index in [4.69, 9.17) is 4.74 Å². The van der Waals surface area contributed by atoms with Crippen molar-refractivity contribution in [3.8, 4) is 5.75 Å². The van der Waals surface area contributed by atoms with Crippen LogP contribution in [0.25, 0.3) is 21.8 Å². The molecule has 0 bridgehead atoms. The van der Waals surface area contributed by atoms with Crippen LogP contribution < -0.4 is 15.6 Å². The molecule has 3 N–H and O–H groups in total. The van der Waals surface area contributed by atoms with Gasteiger partial charge in [-0.15, -0.1) is 0 Å². The minimum Gasteiger partial charge on any atom is -0.497 e. The molecule has 4 rings (SSSR count). The number of rotatable bonds is 5. The number of anilines is 1. The standard InChI is InChI=1S/C22H23N3O/c1-14-11-16(13-23-25-17-7-5-4-6-8-17)15(2)21-19-12-18(26-3)9-10-20(19)24-22(14)21/h4-12,23-25H,13H2,1-3H3. The molecule has 3 aromatic carbocycles. The number of H-pyrrole nitrogens is 1. The SMILES string of the molecule is COc1ccc2[nH]c3c(C)cc(CNNc4ccccc4)c(C)c3c2c1. The number of aryl methyl sites for hydroxylation is 2. The van der Waals surface area contributed by atoms with Crippen LogP contribution in [0.3, 0.4) is 0 Å². The van der Waals surface area contributed by atoms with Crippen LogP contribution in [0, 0.1) is 13.8 Å². The smallest absolute Gasteiger partial charge is 0.119 e. The summed E-state index contributed by atoms with van der Waals surface area (Å²) in [6.07, 6.45) is 0. The van der Waals surface area contributed by atoms with Crippen molar-refractivity contribution in [1.82, 2.24) is 10.4 Å². The highest BCUT2D eigenvalue weighted by Gasteiger charge is 2.13. The zero-order valence-electron chi connectivity index (χ0n) is 15.3. The molecule has 4 aromatic rings. The highest BCUT2D eigenvalue weighted by atomic mass is 16.5. The second kappa shape index (κ2) is 6.73. The zero-order chi connectivity index (χ0) is 18.1. The average Bonchev–Trinajstić information content (AvgIpc) is 3.06. The zero-order valence-corrected chi connectivity index (χ0v) is 15.3. The Morgan fingerprint density at radius 3 is 2.58 bits per heavy atom. The molecule has 1 heterocycles. The molecule has 0 aliphatic heterocycles. The molecule has 0 atom stereocenters. The molecule has 0 unspecified atom stereocenters. The van der Waals surface area contributed by atoms with Crippen LogP contribution in [0.2, 0.25) is 0 Å². The lowest BCUT2D eigenvalue weighted by atomic mass is 9.98. The number of nitrogens with one attached hydrogen (secondary N) is 3. The molecule has 0 saturated carbocycles. The van der Waals surface area contributed by atoms with Crippen LogP contribution >= 0.6 is 0 Å². The van der Waals surface area contributed by atoms with E-state index < -0.39 is 0 Å². The Kier molecular flexibility index (Phi) is 4.27. The van der Waals surface area contributed by atoms with Crippen molar-refractivity contribution in [2.24, 2.45) is 0 Å². The van der Waals surface area contributed by atoms with Gasteiger partial charge in [0.05, 0.1) is 7.11 Å². The Morgan fingerprint density at radius 1 is 1.00 bits per heavy atom. The number of para-hydroxylation sites is 1. The third-order valence-corrected chi connectivity index (χ3v) is 4.93. The normalized spacial score (nSPS) is 11.2. The summed E-state index contributed by atoms with van der Waals surface area (Å²) >= 11 is 0. The van der Waals surface area contributed by atoms with Crippen molar-refractivity contribution in [2.75, 3.05) is 12.5 Å². The van der Waals surface area contributed by atoms with Gasteiger partial charge in [0, 0.05) is 34.0 Å². The van der Waals surface area contributed by atoms with Crippen molar-refractivity contribution in [3.05, 3.63) is 71.3 Å². The maximum atomic E-state index is 5.42. The molecule has 0 aliphatic carbocycles. The van der Waals surface area contributed by atoms with Crippen molar-refractivity contribution >= 4 is 27.5 Å². The van der Waals surface area contributed by atoms with Crippen LogP contribution in [0.1, 0.15) is 16.7 Å². The number of benzene rings is 3. The maximum absolute atomic E-state index is 5.42. The van der Waals surface area contributed by atoms with Crippen molar-refractivity contribution in [1.29, 1.82) is 0 Å². The van der Waals surface area contributed by atoms with Gasteiger partial charge in [-0.1, -0.05) is 24.3 Å². The van der Waals surface area contributed by atoms with Crippen molar-refractivity contribution in [3.63, 3.8) is 0 Å². The summed E-state index contributed by atoms with van der Waals surface area (Å²) < 4.78 is 5.42. The van der Waals surface area contributed by atoms with E-state index in [9.17, 15) is 0 Å². The van der Waals surface area contributed by atoms with E-state index in [1.54, 1.807) is 7.11 Å². The molecule has 4 nitrogen and oxygen atoms in total. The Hall–Kier alpha value is -2.98. The molecule has 0 fully saturated rings. The van der Waals surface area contributed by atoms with Gasteiger partial charge in [0.2, 0.25) is 0 Å².